The second-order valence-electron chi connectivity index (χ2n) is 6.46. The zero-order chi connectivity index (χ0) is 21.0. The number of ether oxygens (including phenoxy) is 1. The van der Waals surface area contributed by atoms with Crippen LogP contribution in [0.3, 0.4) is 0 Å². The topological polar surface area (TPSA) is 146 Å². The van der Waals surface area contributed by atoms with Gasteiger partial charge in [0, 0.05) is 0 Å². The van der Waals surface area contributed by atoms with Crippen LogP contribution in [0.5, 0.6) is 5.75 Å². The molecule has 3 N–H and O–H groups in total. The summed E-state index contributed by atoms with van der Waals surface area (Å²) in [4.78, 5) is 12.7. The first kappa shape index (κ1) is 20.0. The third-order valence-corrected chi connectivity index (χ3v) is 4.07. The van der Waals surface area contributed by atoms with Gasteiger partial charge in [-0.05, 0) is 59.9 Å². The predicted octanol–water partition coefficient (Wildman–Crippen LogP) is 1.91. The van der Waals surface area contributed by atoms with Crippen LogP contribution >= 0.6 is 0 Å². The molecule has 3 rings (SSSR count). The number of anilines is 1. The minimum atomic E-state index is -0.500. The summed E-state index contributed by atoms with van der Waals surface area (Å²) >= 11 is 0. The van der Waals surface area contributed by atoms with Gasteiger partial charge in [-0.1, -0.05) is 19.1 Å². The molecule has 0 spiro atoms. The Hall–Kier alpha value is -3.76. The SMILES string of the molecule is CCOc1ccc(C(C)=NNC(=O)c2nnn(-c3nonc3N)c2C(C)C)cc1. The van der Waals surface area contributed by atoms with Gasteiger partial charge in [0.25, 0.3) is 5.91 Å². The lowest BCUT2D eigenvalue weighted by atomic mass is 10.1. The van der Waals surface area contributed by atoms with E-state index in [0.29, 0.717) is 18.0 Å². The summed E-state index contributed by atoms with van der Waals surface area (Å²) in [7, 11) is 0. The number of aromatic nitrogens is 5. The summed E-state index contributed by atoms with van der Waals surface area (Å²) in [6.45, 7) is 8.09. The Morgan fingerprint density at radius 1 is 1.31 bits per heavy atom. The molecule has 1 aromatic carbocycles. The van der Waals surface area contributed by atoms with Crippen LogP contribution in [0.4, 0.5) is 5.82 Å². The molecule has 0 fully saturated rings. The average molecular weight is 398 g/mol. The highest BCUT2D eigenvalue weighted by molar-refractivity contribution is 6.00. The van der Waals surface area contributed by atoms with E-state index in [1.54, 1.807) is 6.92 Å². The van der Waals surface area contributed by atoms with Gasteiger partial charge < -0.3 is 10.5 Å². The van der Waals surface area contributed by atoms with Crippen molar-refractivity contribution in [3.8, 4) is 11.6 Å². The van der Waals surface area contributed by atoms with Crippen LogP contribution in [0.2, 0.25) is 0 Å². The van der Waals surface area contributed by atoms with Crippen molar-refractivity contribution in [2.24, 2.45) is 5.10 Å². The smallest absolute Gasteiger partial charge is 0.293 e. The van der Waals surface area contributed by atoms with Crippen molar-refractivity contribution in [1.82, 2.24) is 30.7 Å². The van der Waals surface area contributed by atoms with Gasteiger partial charge in [0.05, 0.1) is 18.0 Å². The van der Waals surface area contributed by atoms with Gasteiger partial charge in [0.15, 0.2) is 5.69 Å². The van der Waals surface area contributed by atoms with Crippen LogP contribution in [0.1, 0.15) is 55.4 Å². The Kier molecular flexibility index (Phi) is 5.86. The van der Waals surface area contributed by atoms with Crippen molar-refractivity contribution in [3.05, 3.63) is 41.2 Å². The Labute approximate surface area is 166 Å². The first-order valence-electron chi connectivity index (χ1n) is 9.04. The van der Waals surface area contributed by atoms with E-state index in [0.717, 1.165) is 11.3 Å². The number of carbonyl (C=O) groups is 1. The van der Waals surface area contributed by atoms with Crippen molar-refractivity contribution in [2.75, 3.05) is 12.3 Å². The van der Waals surface area contributed by atoms with E-state index in [9.17, 15) is 4.79 Å². The number of benzene rings is 1. The molecular weight excluding hydrogens is 376 g/mol. The molecule has 0 saturated carbocycles. The van der Waals surface area contributed by atoms with Crippen LogP contribution in [-0.4, -0.2) is 43.5 Å². The molecule has 3 aromatic rings. The molecule has 11 nitrogen and oxygen atoms in total. The summed E-state index contributed by atoms with van der Waals surface area (Å²) in [6, 6.07) is 7.43. The monoisotopic (exact) mass is 398 g/mol. The highest BCUT2D eigenvalue weighted by Gasteiger charge is 2.25. The number of carbonyl (C=O) groups excluding carboxylic acids is 1. The minimum Gasteiger partial charge on any atom is -0.494 e. The van der Waals surface area contributed by atoms with Gasteiger partial charge in [-0.2, -0.15) is 9.78 Å². The van der Waals surface area contributed by atoms with E-state index >= 15 is 0 Å². The largest absolute Gasteiger partial charge is 0.494 e. The molecule has 2 heterocycles. The van der Waals surface area contributed by atoms with Crippen LogP contribution in [0, 0.1) is 0 Å². The first-order chi connectivity index (χ1) is 13.9. The Balaban J connectivity index is 1.81. The molecule has 11 heteroatoms. The molecule has 0 bridgehead atoms. The predicted molar refractivity (Wildman–Crippen MR) is 105 cm³/mol. The number of hydrogen-bond donors (Lipinski definition) is 2. The lowest BCUT2D eigenvalue weighted by molar-refractivity contribution is 0.0948. The van der Waals surface area contributed by atoms with Crippen LogP contribution in [0.15, 0.2) is 34.0 Å². The highest BCUT2D eigenvalue weighted by Crippen LogP contribution is 2.22. The molecule has 152 valence electrons. The maximum Gasteiger partial charge on any atom is 0.293 e. The summed E-state index contributed by atoms with van der Waals surface area (Å²) in [5, 5.41) is 19.4. The number of nitrogens with zero attached hydrogens (tertiary/aromatic N) is 6. The molecule has 0 atom stereocenters. The van der Waals surface area contributed by atoms with Gasteiger partial charge in [0.1, 0.15) is 5.75 Å². The summed E-state index contributed by atoms with van der Waals surface area (Å²) < 4.78 is 11.4. The molecule has 0 aliphatic rings. The lowest BCUT2D eigenvalue weighted by Gasteiger charge is -2.08. The fourth-order valence-electron chi connectivity index (χ4n) is 2.67. The van der Waals surface area contributed by atoms with Crippen LogP contribution in [-0.2, 0) is 0 Å². The van der Waals surface area contributed by atoms with Crippen molar-refractivity contribution in [3.63, 3.8) is 0 Å². The average Bonchev–Trinajstić information content (AvgIpc) is 3.32. The van der Waals surface area contributed by atoms with Gasteiger partial charge in [0.2, 0.25) is 11.6 Å². The number of amides is 1. The number of rotatable bonds is 7. The Morgan fingerprint density at radius 2 is 2.03 bits per heavy atom. The quantitative estimate of drug-likeness (QED) is 0.453. The van der Waals surface area contributed by atoms with Crippen molar-refractivity contribution >= 4 is 17.4 Å². The number of nitrogens with one attached hydrogen (secondary N) is 1. The molecule has 0 radical (unpaired) electrons. The van der Waals surface area contributed by atoms with E-state index in [1.165, 1.54) is 4.68 Å². The second kappa shape index (κ2) is 8.50. The van der Waals surface area contributed by atoms with Crippen molar-refractivity contribution < 1.29 is 14.2 Å². The molecule has 29 heavy (non-hydrogen) atoms. The Morgan fingerprint density at radius 3 is 2.62 bits per heavy atom. The van der Waals surface area contributed by atoms with Gasteiger partial charge in [-0.3, -0.25) is 4.79 Å². The van der Waals surface area contributed by atoms with Gasteiger partial charge in [-0.25, -0.2) is 10.1 Å². The third-order valence-electron chi connectivity index (χ3n) is 4.07. The highest BCUT2D eigenvalue weighted by atomic mass is 16.6. The number of nitrogens with two attached hydrogens (primary N) is 1. The molecular formula is C18H22N8O3. The van der Waals surface area contributed by atoms with E-state index in [4.69, 9.17) is 10.5 Å². The molecule has 0 aliphatic heterocycles. The van der Waals surface area contributed by atoms with E-state index < -0.39 is 5.91 Å². The molecule has 2 aromatic heterocycles. The zero-order valence-corrected chi connectivity index (χ0v) is 16.6. The summed E-state index contributed by atoms with van der Waals surface area (Å²) in [6.07, 6.45) is 0. The maximum atomic E-state index is 12.7. The van der Waals surface area contributed by atoms with E-state index in [1.807, 2.05) is 45.0 Å². The molecule has 0 aliphatic carbocycles. The first-order valence-corrected chi connectivity index (χ1v) is 9.04. The van der Waals surface area contributed by atoms with Gasteiger partial charge >= 0.3 is 0 Å². The molecule has 0 unspecified atom stereocenters. The second-order valence-corrected chi connectivity index (χ2v) is 6.46. The van der Waals surface area contributed by atoms with Crippen molar-refractivity contribution in [2.45, 2.75) is 33.6 Å². The maximum absolute atomic E-state index is 12.7. The molecule has 1 amide bonds. The summed E-state index contributed by atoms with van der Waals surface area (Å²) in [5.74, 6) is 0.397. The van der Waals surface area contributed by atoms with E-state index in [-0.39, 0.29) is 23.2 Å². The normalized spacial score (nSPS) is 11.7. The Bertz CT molecular complexity index is 1020. The van der Waals surface area contributed by atoms with Gasteiger partial charge in [-0.15, -0.1) is 5.10 Å². The number of hydrazone groups is 1. The van der Waals surface area contributed by atoms with E-state index in [2.05, 4.69) is 35.8 Å². The molecule has 0 saturated heterocycles. The van der Waals surface area contributed by atoms with Crippen LogP contribution in [0.25, 0.3) is 5.82 Å². The standard InChI is InChI=1S/C18H22N8O3/c1-5-28-13-8-6-12(7-9-13)11(4)20-22-18(27)14-15(10(2)3)26(25-21-14)17-16(19)23-29-24-17/h6-10H,5H2,1-4H3,(H2,19,23)(H,22,27). The fraction of sp³-hybridized carbons (Fsp3) is 0.333. The van der Waals surface area contributed by atoms with Crippen LogP contribution < -0.4 is 15.9 Å². The number of hydrogen-bond acceptors (Lipinski definition) is 9. The number of nitrogen functional groups attached to an aromatic ring is 1. The lowest BCUT2D eigenvalue weighted by Crippen LogP contribution is -2.22. The van der Waals surface area contributed by atoms with Crippen molar-refractivity contribution in [1.29, 1.82) is 0 Å². The zero-order valence-electron chi connectivity index (χ0n) is 16.6. The third kappa shape index (κ3) is 4.23. The minimum absolute atomic E-state index is 0.0492. The fourth-order valence-corrected chi connectivity index (χ4v) is 2.67. The summed E-state index contributed by atoms with van der Waals surface area (Å²) in [5.41, 5.74) is 10.4.